The van der Waals surface area contributed by atoms with E-state index in [0.717, 1.165) is 21.8 Å². The molecule has 1 heterocycles. The van der Waals surface area contributed by atoms with E-state index in [0.29, 0.717) is 34.7 Å². The second kappa shape index (κ2) is 9.36. The number of ether oxygens (including phenoxy) is 4. The second-order valence-corrected chi connectivity index (χ2v) is 7.06. The van der Waals surface area contributed by atoms with E-state index in [4.69, 9.17) is 24.7 Å². The zero-order valence-electron chi connectivity index (χ0n) is 17.1. The number of hydrogen-bond acceptors (Lipinski definition) is 7. The molecule has 0 saturated heterocycles. The minimum absolute atomic E-state index is 0.384. The van der Waals surface area contributed by atoms with Crippen LogP contribution in [0, 0.1) is 0 Å². The molecule has 3 rings (SSSR count). The van der Waals surface area contributed by atoms with E-state index in [2.05, 4.69) is 10.3 Å². The highest BCUT2D eigenvalue weighted by molar-refractivity contribution is 7.19. The minimum Gasteiger partial charge on any atom is -0.494 e. The highest BCUT2D eigenvalue weighted by Gasteiger charge is 2.20. The van der Waals surface area contributed by atoms with Crippen LogP contribution in [-0.2, 0) is 0 Å². The van der Waals surface area contributed by atoms with Crippen LogP contribution >= 0.6 is 11.3 Å². The number of thiazole rings is 1. The van der Waals surface area contributed by atoms with E-state index < -0.39 is 6.03 Å². The van der Waals surface area contributed by atoms with Crippen molar-refractivity contribution in [3.63, 3.8) is 0 Å². The average molecular weight is 429 g/mol. The third-order valence-electron chi connectivity index (χ3n) is 4.22. The topological polar surface area (TPSA) is 105 Å². The lowest BCUT2D eigenvalue weighted by atomic mass is 10.1. The smallest absolute Gasteiger partial charge is 0.318 e. The molecule has 0 radical (unpaired) electrons. The van der Waals surface area contributed by atoms with E-state index in [-0.39, 0.29) is 0 Å². The number of primary amides is 1. The average Bonchev–Trinajstić information content (AvgIpc) is 3.16. The molecule has 0 aliphatic heterocycles. The van der Waals surface area contributed by atoms with E-state index in [1.807, 2.05) is 43.3 Å². The van der Waals surface area contributed by atoms with Gasteiger partial charge in [0.15, 0.2) is 16.6 Å². The van der Waals surface area contributed by atoms with Gasteiger partial charge in [-0.15, -0.1) is 0 Å². The number of carbonyl (C=O) groups excluding carboxylic acids is 1. The minimum atomic E-state index is -0.682. The lowest BCUT2D eigenvalue weighted by molar-refractivity contribution is 0.259. The summed E-state index contributed by atoms with van der Waals surface area (Å²) in [4.78, 5) is 16.8. The van der Waals surface area contributed by atoms with Gasteiger partial charge in [0, 0.05) is 11.1 Å². The summed E-state index contributed by atoms with van der Waals surface area (Å²) >= 11 is 1.30. The largest absolute Gasteiger partial charge is 0.494 e. The number of urea groups is 1. The van der Waals surface area contributed by atoms with Crippen molar-refractivity contribution in [1.29, 1.82) is 0 Å². The Labute approximate surface area is 178 Å². The van der Waals surface area contributed by atoms with Crippen molar-refractivity contribution in [3.05, 3.63) is 36.4 Å². The van der Waals surface area contributed by atoms with Crippen LogP contribution in [0.15, 0.2) is 36.4 Å². The van der Waals surface area contributed by atoms with Gasteiger partial charge >= 0.3 is 6.03 Å². The standard InChI is InChI=1S/C21H23N3O5S/c1-5-29-14-8-6-12(7-9-14)17-19(30-21(23-17)24-20(22)25)13-10-15(26-2)18(28-4)16(11-13)27-3/h6-11H,5H2,1-4H3,(H3,22,23,24,25). The molecule has 8 nitrogen and oxygen atoms in total. The van der Waals surface area contributed by atoms with Gasteiger partial charge in [0.25, 0.3) is 0 Å². The summed E-state index contributed by atoms with van der Waals surface area (Å²) in [6.07, 6.45) is 0. The number of methoxy groups -OCH3 is 3. The molecule has 1 aromatic heterocycles. The lowest BCUT2D eigenvalue weighted by Crippen LogP contribution is -2.18. The van der Waals surface area contributed by atoms with Gasteiger partial charge < -0.3 is 24.7 Å². The first-order valence-electron chi connectivity index (χ1n) is 9.11. The van der Waals surface area contributed by atoms with Crippen molar-refractivity contribution in [1.82, 2.24) is 4.98 Å². The van der Waals surface area contributed by atoms with Crippen LogP contribution in [0.4, 0.5) is 9.93 Å². The molecule has 0 saturated carbocycles. The number of benzene rings is 2. The predicted molar refractivity (Wildman–Crippen MR) is 117 cm³/mol. The fourth-order valence-electron chi connectivity index (χ4n) is 2.96. The van der Waals surface area contributed by atoms with E-state index >= 15 is 0 Å². The molecule has 0 aliphatic rings. The molecule has 0 bridgehead atoms. The SMILES string of the molecule is CCOc1ccc(-c2nc(NC(N)=O)sc2-c2cc(OC)c(OC)c(OC)c2)cc1. The predicted octanol–water partition coefficient (Wildman–Crippen LogP) is 4.39. The van der Waals surface area contributed by atoms with Crippen LogP contribution in [0.1, 0.15) is 6.92 Å². The van der Waals surface area contributed by atoms with Crippen LogP contribution in [0.2, 0.25) is 0 Å². The third-order valence-corrected chi connectivity index (χ3v) is 5.24. The van der Waals surface area contributed by atoms with Gasteiger partial charge in [0.1, 0.15) is 5.75 Å². The van der Waals surface area contributed by atoms with Gasteiger partial charge in [0.2, 0.25) is 5.75 Å². The number of carbonyl (C=O) groups is 1. The summed E-state index contributed by atoms with van der Waals surface area (Å²) in [5.41, 5.74) is 7.62. The maximum Gasteiger partial charge on any atom is 0.318 e. The summed E-state index contributed by atoms with van der Waals surface area (Å²) in [5, 5.41) is 2.94. The fraction of sp³-hybridized carbons (Fsp3) is 0.238. The first-order chi connectivity index (χ1) is 14.5. The Balaban J connectivity index is 2.16. The number of hydrogen-bond donors (Lipinski definition) is 2. The van der Waals surface area contributed by atoms with Gasteiger partial charge in [0.05, 0.1) is 38.5 Å². The van der Waals surface area contributed by atoms with E-state index in [1.54, 1.807) is 21.3 Å². The van der Waals surface area contributed by atoms with Crippen LogP contribution in [0.5, 0.6) is 23.0 Å². The normalized spacial score (nSPS) is 10.4. The number of nitrogens with two attached hydrogens (primary N) is 1. The Kier molecular flexibility index (Phi) is 6.63. The molecule has 3 N–H and O–H groups in total. The Hall–Kier alpha value is -3.46. The number of amides is 2. The first kappa shape index (κ1) is 21.3. The summed E-state index contributed by atoms with van der Waals surface area (Å²) in [6, 6.07) is 10.6. The van der Waals surface area contributed by atoms with Crippen molar-refractivity contribution in [3.8, 4) is 44.7 Å². The molecule has 0 unspecified atom stereocenters. The van der Waals surface area contributed by atoms with Crippen LogP contribution in [-0.4, -0.2) is 39.0 Å². The van der Waals surface area contributed by atoms with Crippen molar-refractivity contribution in [2.45, 2.75) is 6.92 Å². The Morgan fingerprint density at radius 3 is 2.17 bits per heavy atom. The Morgan fingerprint density at radius 1 is 1.03 bits per heavy atom. The molecule has 2 aromatic carbocycles. The fourth-order valence-corrected chi connectivity index (χ4v) is 3.94. The molecule has 30 heavy (non-hydrogen) atoms. The lowest BCUT2D eigenvalue weighted by Gasteiger charge is -2.14. The van der Waals surface area contributed by atoms with Crippen LogP contribution < -0.4 is 30.0 Å². The number of nitrogens with zero attached hydrogens (tertiary/aromatic N) is 1. The number of rotatable bonds is 8. The maximum atomic E-state index is 11.4. The monoisotopic (exact) mass is 429 g/mol. The van der Waals surface area contributed by atoms with Crippen molar-refractivity contribution in [2.24, 2.45) is 5.73 Å². The molecular weight excluding hydrogens is 406 g/mol. The molecule has 0 spiro atoms. The molecule has 0 fully saturated rings. The van der Waals surface area contributed by atoms with Crippen molar-refractivity contribution < 1.29 is 23.7 Å². The molecule has 158 valence electrons. The molecule has 0 atom stereocenters. The number of nitrogens with one attached hydrogen (secondary N) is 1. The Morgan fingerprint density at radius 2 is 1.67 bits per heavy atom. The highest BCUT2D eigenvalue weighted by atomic mass is 32.1. The quantitative estimate of drug-likeness (QED) is 0.550. The zero-order valence-corrected chi connectivity index (χ0v) is 18.0. The van der Waals surface area contributed by atoms with Crippen molar-refractivity contribution >= 4 is 22.5 Å². The molecular formula is C21H23N3O5S. The molecule has 9 heteroatoms. The van der Waals surface area contributed by atoms with Gasteiger partial charge in [-0.2, -0.15) is 0 Å². The van der Waals surface area contributed by atoms with Gasteiger partial charge in [-0.25, -0.2) is 9.78 Å². The van der Waals surface area contributed by atoms with Crippen LogP contribution in [0.25, 0.3) is 21.7 Å². The van der Waals surface area contributed by atoms with Crippen molar-refractivity contribution in [2.75, 3.05) is 33.3 Å². The van der Waals surface area contributed by atoms with Gasteiger partial charge in [-0.05, 0) is 43.3 Å². The number of anilines is 1. The van der Waals surface area contributed by atoms with Gasteiger partial charge in [-0.1, -0.05) is 11.3 Å². The first-order valence-corrected chi connectivity index (χ1v) is 9.93. The number of aromatic nitrogens is 1. The molecule has 2 amide bonds. The summed E-state index contributed by atoms with van der Waals surface area (Å²) in [7, 11) is 4.66. The molecule has 0 aliphatic carbocycles. The Bertz CT molecular complexity index is 1010. The summed E-state index contributed by atoms with van der Waals surface area (Å²) in [6.45, 7) is 2.51. The second-order valence-electron chi connectivity index (χ2n) is 6.06. The van der Waals surface area contributed by atoms with Crippen LogP contribution in [0.3, 0.4) is 0 Å². The van der Waals surface area contributed by atoms with E-state index in [9.17, 15) is 4.79 Å². The zero-order chi connectivity index (χ0) is 21.7. The third kappa shape index (κ3) is 4.41. The maximum absolute atomic E-state index is 11.4. The summed E-state index contributed by atoms with van der Waals surface area (Å²) < 4.78 is 21.9. The van der Waals surface area contributed by atoms with E-state index in [1.165, 1.54) is 11.3 Å². The highest BCUT2D eigenvalue weighted by Crippen LogP contribution is 2.46. The van der Waals surface area contributed by atoms with Gasteiger partial charge in [-0.3, -0.25) is 5.32 Å². The summed E-state index contributed by atoms with van der Waals surface area (Å²) in [5.74, 6) is 2.29. The molecule has 3 aromatic rings.